The molecule has 7 heteroatoms. The molecule has 1 spiro atoms. The number of aromatic nitrogens is 3. The standard InChI is InChI=1S/C21H21N5OS/c1-14-3-5-17(6-4-14)26-11-16(10-23-26)19-24-18(12-28-19)20(27)25-8-7-22-21(13-25)9-15(21)2/h3-6,10-12,22H,2,7-9,13H2,1H3/t21-/m0/s1. The van der Waals surface area contributed by atoms with Crippen LogP contribution in [-0.4, -0.2) is 50.7 Å². The average molecular weight is 392 g/mol. The normalized spacial score (nSPS) is 21.3. The van der Waals surface area contributed by atoms with Crippen LogP contribution in [0.15, 0.2) is 54.2 Å². The number of nitrogens with zero attached hydrogens (tertiary/aromatic N) is 4. The van der Waals surface area contributed by atoms with Gasteiger partial charge >= 0.3 is 0 Å². The maximum atomic E-state index is 12.9. The van der Waals surface area contributed by atoms with Crippen LogP contribution in [0.4, 0.5) is 0 Å². The molecule has 2 aromatic heterocycles. The molecule has 1 saturated carbocycles. The van der Waals surface area contributed by atoms with E-state index in [1.807, 2.05) is 33.3 Å². The van der Waals surface area contributed by atoms with Crippen LogP contribution in [0, 0.1) is 6.92 Å². The Labute approximate surface area is 167 Å². The lowest BCUT2D eigenvalue weighted by molar-refractivity contribution is 0.0692. The van der Waals surface area contributed by atoms with Crippen molar-refractivity contribution < 1.29 is 4.79 Å². The highest BCUT2D eigenvalue weighted by molar-refractivity contribution is 7.13. The first kappa shape index (κ1) is 17.3. The number of rotatable bonds is 3. The van der Waals surface area contributed by atoms with Gasteiger partial charge in [0.1, 0.15) is 10.7 Å². The van der Waals surface area contributed by atoms with Gasteiger partial charge in [-0.15, -0.1) is 11.3 Å². The number of hydrogen-bond donors (Lipinski definition) is 1. The number of hydrogen-bond acceptors (Lipinski definition) is 5. The predicted molar refractivity (Wildman–Crippen MR) is 110 cm³/mol. The van der Waals surface area contributed by atoms with Gasteiger partial charge in [-0.1, -0.05) is 29.8 Å². The highest BCUT2D eigenvalue weighted by Crippen LogP contribution is 2.43. The number of thiazole rings is 1. The molecule has 5 rings (SSSR count). The summed E-state index contributed by atoms with van der Waals surface area (Å²) in [5.74, 6) is -0.00555. The summed E-state index contributed by atoms with van der Waals surface area (Å²) in [6, 6.07) is 8.20. The zero-order valence-corrected chi connectivity index (χ0v) is 16.5. The number of carbonyl (C=O) groups is 1. The largest absolute Gasteiger partial charge is 0.334 e. The van der Waals surface area contributed by atoms with Crippen LogP contribution in [0.5, 0.6) is 0 Å². The van der Waals surface area contributed by atoms with Crippen LogP contribution in [0.25, 0.3) is 16.3 Å². The van der Waals surface area contributed by atoms with Gasteiger partial charge < -0.3 is 10.2 Å². The lowest BCUT2D eigenvalue weighted by Crippen LogP contribution is -2.54. The zero-order valence-electron chi connectivity index (χ0n) is 15.7. The van der Waals surface area contributed by atoms with E-state index in [0.717, 1.165) is 29.2 Å². The van der Waals surface area contributed by atoms with Crippen molar-refractivity contribution >= 4 is 17.2 Å². The Hall–Kier alpha value is -2.77. The monoisotopic (exact) mass is 391 g/mol. The Kier molecular flexibility index (Phi) is 3.96. The third-order valence-electron chi connectivity index (χ3n) is 5.51. The van der Waals surface area contributed by atoms with Crippen molar-refractivity contribution in [2.24, 2.45) is 0 Å². The van der Waals surface area contributed by atoms with Crippen molar-refractivity contribution in [2.75, 3.05) is 19.6 Å². The summed E-state index contributed by atoms with van der Waals surface area (Å²) in [7, 11) is 0. The van der Waals surface area contributed by atoms with E-state index in [0.29, 0.717) is 18.8 Å². The predicted octanol–water partition coefficient (Wildman–Crippen LogP) is 3.05. The first-order valence-electron chi connectivity index (χ1n) is 9.34. The van der Waals surface area contributed by atoms with E-state index in [2.05, 4.69) is 41.0 Å². The highest BCUT2D eigenvalue weighted by Gasteiger charge is 2.50. The number of aryl methyl sites for hydroxylation is 1. The van der Waals surface area contributed by atoms with Gasteiger partial charge in [0.15, 0.2) is 0 Å². The molecule has 2 aliphatic rings. The third-order valence-corrected chi connectivity index (χ3v) is 6.40. The first-order chi connectivity index (χ1) is 13.5. The number of amides is 1. The molecule has 1 aromatic carbocycles. The molecule has 1 N–H and O–H groups in total. The molecule has 0 bridgehead atoms. The molecule has 1 saturated heterocycles. The fourth-order valence-electron chi connectivity index (χ4n) is 3.68. The minimum absolute atomic E-state index is 0.00555. The number of nitrogens with one attached hydrogen (secondary N) is 1. The van der Waals surface area contributed by atoms with Crippen LogP contribution in [0.1, 0.15) is 22.5 Å². The maximum Gasteiger partial charge on any atom is 0.273 e. The van der Waals surface area contributed by atoms with Crippen molar-refractivity contribution in [3.8, 4) is 16.3 Å². The molecule has 3 heterocycles. The maximum absolute atomic E-state index is 12.9. The molecule has 1 aliphatic heterocycles. The summed E-state index contributed by atoms with van der Waals surface area (Å²) in [5, 5.41) is 10.6. The van der Waals surface area contributed by atoms with E-state index >= 15 is 0 Å². The Morgan fingerprint density at radius 2 is 2.11 bits per heavy atom. The van der Waals surface area contributed by atoms with Crippen LogP contribution in [0.2, 0.25) is 0 Å². The fraction of sp³-hybridized carbons (Fsp3) is 0.286. The number of carbonyl (C=O) groups excluding carboxylic acids is 1. The van der Waals surface area contributed by atoms with Crippen molar-refractivity contribution in [1.82, 2.24) is 25.0 Å². The van der Waals surface area contributed by atoms with Gasteiger partial charge in [0.25, 0.3) is 5.91 Å². The lowest BCUT2D eigenvalue weighted by Gasteiger charge is -2.33. The highest BCUT2D eigenvalue weighted by atomic mass is 32.1. The fourth-order valence-corrected chi connectivity index (χ4v) is 4.45. The Morgan fingerprint density at radius 1 is 1.32 bits per heavy atom. The minimum Gasteiger partial charge on any atom is -0.334 e. The van der Waals surface area contributed by atoms with Crippen molar-refractivity contribution in [1.29, 1.82) is 0 Å². The summed E-state index contributed by atoms with van der Waals surface area (Å²) in [4.78, 5) is 19.4. The van der Waals surface area contributed by atoms with E-state index in [1.165, 1.54) is 22.5 Å². The molecule has 2 fully saturated rings. The molecule has 1 amide bonds. The Balaban J connectivity index is 1.34. The summed E-state index contributed by atoms with van der Waals surface area (Å²) >= 11 is 1.48. The van der Waals surface area contributed by atoms with E-state index in [-0.39, 0.29) is 11.4 Å². The summed E-state index contributed by atoms with van der Waals surface area (Å²) < 4.78 is 1.83. The van der Waals surface area contributed by atoms with Crippen molar-refractivity contribution in [3.63, 3.8) is 0 Å². The van der Waals surface area contributed by atoms with Gasteiger partial charge in [-0.25, -0.2) is 9.67 Å². The second-order valence-electron chi connectivity index (χ2n) is 7.56. The third kappa shape index (κ3) is 2.96. The topological polar surface area (TPSA) is 63.1 Å². The molecule has 3 aromatic rings. The Bertz CT molecular complexity index is 1070. The molecule has 142 valence electrons. The molecular formula is C21H21N5OS. The van der Waals surface area contributed by atoms with E-state index < -0.39 is 0 Å². The second kappa shape index (κ2) is 6.39. The van der Waals surface area contributed by atoms with E-state index in [9.17, 15) is 4.79 Å². The number of piperazine rings is 1. The van der Waals surface area contributed by atoms with Gasteiger partial charge in [-0.2, -0.15) is 5.10 Å². The smallest absolute Gasteiger partial charge is 0.273 e. The first-order valence-corrected chi connectivity index (χ1v) is 10.2. The van der Waals surface area contributed by atoms with Crippen LogP contribution < -0.4 is 5.32 Å². The molecule has 1 atom stereocenters. The van der Waals surface area contributed by atoms with Crippen molar-refractivity contribution in [2.45, 2.75) is 18.9 Å². The summed E-state index contributed by atoms with van der Waals surface area (Å²) in [6.07, 6.45) is 4.70. The molecule has 28 heavy (non-hydrogen) atoms. The lowest BCUT2D eigenvalue weighted by atomic mass is 10.1. The zero-order chi connectivity index (χ0) is 19.3. The Morgan fingerprint density at radius 3 is 2.86 bits per heavy atom. The molecule has 0 unspecified atom stereocenters. The van der Waals surface area contributed by atoms with Crippen molar-refractivity contribution in [3.05, 3.63) is 65.4 Å². The van der Waals surface area contributed by atoms with Gasteiger partial charge in [0, 0.05) is 36.8 Å². The summed E-state index contributed by atoms with van der Waals surface area (Å²) in [5.41, 5.74) is 4.77. The van der Waals surface area contributed by atoms with Gasteiger partial charge in [-0.3, -0.25) is 4.79 Å². The molecule has 6 nitrogen and oxygen atoms in total. The van der Waals surface area contributed by atoms with Crippen LogP contribution >= 0.6 is 11.3 Å². The van der Waals surface area contributed by atoms with Crippen LogP contribution in [-0.2, 0) is 0 Å². The SMILES string of the molecule is C=C1C[C@]12CN(C(=O)c1csc(-c3cnn(-c4ccc(C)cc4)c3)n1)CCN2. The molecular weight excluding hydrogens is 370 g/mol. The van der Waals surface area contributed by atoms with E-state index in [1.54, 1.807) is 6.20 Å². The van der Waals surface area contributed by atoms with E-state index in [4.69, 9.17) is 0 Å². The molecule has 0 radical (unpaired) electrons. The second-order valence-corrected chi connectivity index (χ2v) is 8.42. The number of benzene rings is 1. The molecule has 1 aliphatic carbocycles. The quantitative estimate of drug-likeness (QED) is 0.697. The minimum atomic E-state index is -0.0536. The van der Waals surface area contributed by atoms with Crippen LogP contribution in [0.3, 0.4) is 0 Å². The van der Waals surface area contributed by atoms with Gasteiger partial charge in [0.2, 0.25) is 0 Å². The average Bonchev–Trinajstić information content (AvgIpc) is 3.14. The van der Waals surface area contributed by atoms with Gasteiger partial charge in [-0.05, 0) is 25.5 Å². The summed E-state index contributed by atoms with van der Waals surface area (Å²) in [6.45, 7) is 8.30. The van der Waals surface area contributed by atoms with Gasteiger partial charge in [0.05, 0.1) is 17.4 Å².